The molecule has 1 N–H and O–H groups in total. The van der Waals surface area contributed by atoms with Crippen molar-refractivity contribution in [1.29, 1.82) is 0 Å². The fourth-order valence-electron chi connectivity index (χ4n) is 2.78. The van der Waals surface area contributed by atoms with Crippen molar-refractivity contribution < 1.29 is 24.2 Å². The van der Waals surface area contributed by atoms with Gasteiger partial charge < -0.3 is 19.5 Å². The van der Waals surface area contributed by atoms with Crippen LogP contribution in [-0.2, 0) is 9.53 Å². The molecule has 1 atom stereocenters. The van der Waals surface area contributed by atoms with Crippen LogP contribution in [0.2, 0.25) is 0 Å². The van der Waals surface area contributed by atoms with Gasteiger partial charge in [0.2, 0.25) is 0 Å². The first-order chi connectivity index (χ1) is 12.1. The van der Waals surface area contributed by atoms with Crippen molar-refractivity contribution in [2.24, 2.45) is 0 Å². The van der Waals surface area contributed by atoms with E-state index < -0.39 is 12.0 Å². The first kappa shape index (κ1) is 17.0. The van der Waals surface area contributed by atoms with Crippen molar-refractivity contribution >= 4 is 11.9 Å². The number of ether oxygens (including phenoxy) is 2. The molecule has 0 bridgehead atoms. The van der Waals surface area contributed by atoms with Crippen molar-refractivity contribution in [2.75, 3.05) is 19.8 Å². The summed E-state index contributed by atoms with van der Waals surface area (Å²) in [6, 6.07) is 15.7. The van der Waals surface area contributed by atoms with E-state index in [0.29, 0.717) is 30.2 Å². The zero-order chi connectivity index (χ0) is 17.6. The van der Waals surface area contributed by atoms with Crippen LogP contribution < -0.4 is 4.74 Å². The molecule has 1 heterocycles. The monoisotopic (exact) mass is 341 g/mol. The molecule has 3 rings (SSSR count). The Balaban J connectivity index is 1.77. The Morgan fingerprint density at radius 3 is 2.64 bits per heavy atom. The Kier molecular flexibility index (Phi) is 5.30. The maximum atomic E-state index is 12.8. The van der Waals surface area contributed by atoms with Gasteiger partial charge >= 0.3 is 5.97 Å². The molecule has 0 spiro atoms. The van der Waals surface area contributed by atoms with Crippen LogP contribution in [0.4, 0.5) is 0 Å². The molecule has 0 aliphatic carbocycles. The first-order valence-electron chi connectivity index (χ1n) is 8.07. The number of carbonyl (C=O) groups is 2. The number of rotatable bonds is 5. The summed E-state index contributed by atoms with van der Waals surface area (Å²) < 4.78 is 11.1. The van der Waals surface area contributed by atoms with Crippen LogP contribution in [0.1, 0.15) is 16.8 Å². The van der Waals surface area contributed by atoms with Crippen molar-refractivity contribution in [3.8, 4) is 11.5 Å². The number of amides is 1. The zero-order valence-electron chi connectivity index (χ0n) is 13.6. The van der Waals surface area contributed by atoms with E-state index in [2.05, 4.69) is 0 Å². The van der Waals surface area contributed by atoms with Crippen LogP contribution in [0, 0.1) is 0 Å². The van der Waals surface area contributed by atoms with E-state index in [1.807, 2.05) is 30.3 Å². The number of para-hydroxylation sites is 1. The van der Waals surface area contributed by atoms with Gasteiger partial charge in [-0.15, -0.1) is 0 Å². The van der Waals surface area contributed by atoms with Crippen molar-refractivity contribution in [3.63, 3.8) is 0 Å². The predicted octanol–water partition coefficient (Wildman–Crippen LogP) is 2.79. The van der Waals surface area contributed by atoms with E-state index in [9.17, 15) is 9.59 Å². The highest BCUT2D eigenvalue weighted by Gasteiger charge is 2.29. The SMILES string of the molecule is O=C(O)CC1COCCN1C(=O)c1cccc(Oc2ccccc2)c1. The molecule has 1 aliphatic heterocycles. The predicted molar refractivity (Wildman–Crippen MR) is 90.9 cm³/mol. The van der Waals surface area contributed by atoms with E-state index in [1.54, 1.807) is 29.2 Å². The molecule has 1 unspecified atom stereocenters. The normalized spacial score (nSPS) is 17.1. The average Bonchev–Trinajstić information content (AvgIpc) is 2.62. The highest BCUT2D eigenvalue weighted by Crippen LogP contribution is 2.23. The minimum absolute atomic E-state index is 0.133. The smallest absolute Gasteiger partial charge is 0.305 e. The average molecular weight is 341 g/mol. The van der Waals surface area contributed by atoms with Gasteiger partial charge in [-0.1, -0.05) is 24.3 Å². The van der Waals surface area contributed by atoms with E-state index in [1.165, 1.54) is 0 Å². The molecular formula is C19H19NO5. The number of morpholine rings is 1. The van der Waals surface area contributed by atoms with Gasteiger partial charge in [-0.25, -0.2) is 0 Å². The first-order valence-corrected chi connectivity index (χ1v) is 8.07. The Morgan fingerprint density at radius 1 is 1.12 bits per heavy atom. The van der Waals surface area contributed by atoms with Gasteiger partial charge in [-0.2, -0.15) is 0 Å². The molecule has 0 aromatic heterocycles. The van der Waals surface area contributed by atoms with Crippen molar-refractivity contribution in [2.45, 2.75) is 12.5 Å². The molecule has 1 amide bonds. The second kappa shape index (κ2) is 7.81. The highest BCUT2D eigenvalue weighted by atomic mass is 16.5. The third kappa shape index (κ3) is 4.36. The van der Waals surface area contributed by atoms with Gasteiger partial charge in [0.1, 0.15) is 11.5 Å². The quantitative estimate of drug-likeness (QED) is 0.905. The largest absolute Gasteiger partial charge is 0.481 e. The third-order valence-electron chi connectivity index (χ3n) is 3.96. The zero-order valence-corrected chi connectivity index (χ0v) is 13.6. The van der Waals surface area contributed by atoms with Crippen molar-refractivity contribution in [1.82, 2.24) is 4.90 Å². The Morgan fingerprint density at radius 2 is 1.88 bits per heavy atom. The summed E-state index contributed by atoms with van der Waals surface area (Å²) in [5.74, 6) is 0.0739. The van der Waals surface area contributed by atoms with Crippen LogP contribution in [0.5, 0.6) is 11.5 Å². The number of benzene rings is 2. The number of nitrogens with zero attached hydrogens (tertiary/aromatic N) is 1. The van der Waals surface area contributed by atoms with Crippen LogP contribution in [-0.4, -0.2) is 47.7 Å². The minimum atomic E-state index is -0.950. The van der Waals surface area contributed by atoms with Gasteiger partial charge in [0.05, 0.1) is 25.7 Å². The summed E-state index contributed by atoms with van der Waals surface area (Å²) >= 11 is 0. The molecular weight excluding hydrogens is 322 g/mol. The number of aliphatic carboxylic acids is 1. The molecule has 2 aromatic carbocycles. The Labute approximate surface area is 145 Å². The van der Waals surface area contributed by atoms with E-state index in [0.717, 1.165) is 0 Å². The fourth-order valence-corrected chi connectivity index (χ4v) is 2.78. The number of carbonyl (C=O) groups excluding carboxylic acids is 1. The summed E-state index contributed by atoms with van der Waals surface area (Å²) in [5.41, 5.74) is 0.464. The second-order valence-corrected chi connectivity index (χ2v) is 5.77. The maximum absolute atomic E-state index is 12.8. The molecule has 1 saturated heterocycles. The lowest BCUT2D eigenvalue weighted by Crippen LogP contribution is -2.49. The molecule has 0 radical (unpaired) electrons. The van der Waals surface area contributed by atoms with E-state index >= 15 is 0 Å². The van der Waals surface area contributed by atoms with Gasteiger partial charge in [0, 0.05) is 12.1 Å². The molecule has 2 aromatic rings. The van der Waals surface area contributed by atoms with Crippen LogP contribution in [0.3, 0.4) is 0 Å². The van der Waals surface area contributed by atoms with Crippen LogP contribution in [0.25, 0.3) is 0 Å². The van der Waals surface area contributed by atoms with Crippen LogP contribution in [0.15, 0.2) is 54.6 Å². The van der Waals surface area contributed by atoms with Crippen LogP contribution >= 0.6 is 0 Å². The molecule has 130 valence electrons. The molecule has 0 saturated carbocycles. The van der Waals surface area contributed by atoms with E-state index in [-0.39, 0.29) is 18.9 Å². The van der Waals surface area contributed by atoms with Crippen molar-refractivity contribution in [3.05, 3.63) is 60.2 Å². The Bertz CT molecular complexity index is 746. The van der Waals surface area contributed by atoms with Gasteiger partial charge in [-0.3, -0.25) is 9.59 Å². The summed E-state index contributed by atoms with van der Waals surface area (Å²) in [6.07, 6.45) is -0.133. The fraction of sp³-hybridized carbons (Fsp3) is 0.263. The Hall–Kier alpha value is -2.86. The van der Waals surface area contributed by atoms with Gasteiger partial charge in [0.25, 0.3) is 5.91 Å². The molecule has 25 heavy (non-hydrogen) atoms. The molecule has 6 nitrogen and oxygen atoms in total. The lowest BCUT2D eigenvalue weighted by molar-refractivity contribution is -0.139. The number of hydrogen-bond acceptors (Lipinski definition) is 4. The van der Waals surface area contributed by atoms with Gasteiger partial charge in [-0.05, 0) is 30.3 Å². The highest BCUT2D eigenvalue weighted by molar-refractivity contribution is 5.95. The molecule has 1 fully saturated rings. The summed E-state index contributed by atoms with van der Waals surface area (Å²) in [5, 5.41) is 9.03. The summed E-state index contributed by atoms with van der Waals surface area (Å²) in [7, 11) is 0. The maximum Gasteiger partial charge on any atom is 0.305 e. The topological polar surface area (TPSA) is 76.1 Å². The lowest BCUT2D eigenvalue weighted by atomic mass is 10.1. The number of carboxylic acid groups (broad SMARTS) is 1. The standard InChI is InChI=1S/C19H19NO5/c21-18(22)12-15-13-24-10-9-20(15)19(23)14-5-4-8-17(11-14)25-16-6-2-1-3-7-16/h1-8,11,15H,9-10,12-13H2,(H,21,22). The summed E-state index contributed by atoms with van der Waals surface area (Å²) in [6.45, 7) is 1.01. The third-order valence-corrected chi connectivity index (χ3v) is 3.96. The molecule has 1 aliphatic rings. The number of hydrogen-bond donors (Lipinski definition) is 1. The van der Waals surface area contributed by atoms with Gasteiger partial charge in [0.15, 0.2) is 0 Å². The lowest BCUT2D eigenvalue weighted by Gasteiger charge is -2.34. The van der Waals surface area contributed by atoms with E-state index in [4.69, 9.17) is 14.6 Å². The second-order valence-electron chi connectivity index (χ2n) is 5.77. The molecule has 6 heteroatoms. The number of carboxylic acids is 1. The summed E-state index contributed by atoms with van der Waals surface area (Å²) in [4.78, 5) is 25.4. The minimum Gasteiger partial charge on any atom is -0.481 e.